The van der Waals surface area contributed by atoms with Crippen LogP contribution in [0.5, 0.6) is 0 Å². The van der Waals surface area contributed by atoms with Gasteiger partial charge in [0.2, 0.25) is 0 Å². The summed E-state index contributed by atoms with van der Waals surface area (Å²) in [6, 6.07) is 6.10. The maximum Gasteiger partial charge on any atom is 0.0505 e. The van der Waals surface area contributed by atoms with Crippen LogP contribution in [-0.4, -0.2) is 4.98 Å². The van der Waals surface area contributed by atoms with Crippen molar-refractivity contribution in [2.75, 3.05) is 0 Å². The summed E-state index contributed by atoms with van der Waals surface area (Å²) in [6.07, 6.45) is 4.30. The highest BCUT2D eigenvalue weighted by Gasteiger charge is 2.45. The summed E-state index contributed by atoms with van der Waals surface area (Å²) in [4.78, 5) is 4.37. The van der Waals surface area contributed by atoms with Crippen molar-refractivity contribution >= 4 is 0 Å². The van der Waals surface area contributed by atoms with Gasteiger partial charge in [-0.3, -0.25) is 4.98 Å². The quantitative estimate of drug-likeness (QED) is 0.604. The number of rotatable bonds is 2. The minimum absolute atomic E-state index is 0.237. The summed E-state index contributed by atoms with van der Waals surface area (Å²) in [5.74, 6) is 0. The summed E-state index contributed by atoms with van der Waals surface area (Å²) >= 11 is 0. The van der Waals surface area contributed by atoms with Crippen LogP contribution < -0.4 is 0 Å². The highest BCUT2D eigenvalue weighted by molar-refractivity contribution is 5.36. The molecule has 0 saturated heterocycles. The van der Waals surface area contributed by atoms with Crippen LogP contribution in [0.15, 0.2) is 36.5 Å². The zero-order valence-corrected chi connectivity index (χ0v) is 7.38. The third-order valence-electron chi connectivity index (χ3n) is 2.72. The fourth-order valence-electron chi connectivity index (χ4n) is 1.67. The molecule has 1 aromatic rings. The molecule has 0 atom stereocenters. The van der Waals surface area contributed by atoms with E-state index < -0.39 is 0 Å². The molecule has 1 fully saturated rings. The molecule has 12 heavy (non-hydrogen) atoms. The van der Waals surface area contributed by atoms with E-state index in [1.807, 2.05) is 18.3 Å². The molecule has 1 saturated carbocycles. The fraction of sp³-hybridized carbons (Fsp3) is 0.364. The second-order valence-corrected chi connectivity index (χ2v) is 3.58. The summed E-state index contributed by atoms with van der Waals surface area (Å²) < 4.78 is 0. The normalized spacial score (nSPS) is 18.8. The molecular weight excluding hydrogens is 146 g/mol. The van der Waals surface area contributed by atoms with Gasteiger partial charge in [-0.1, -0.05) is 18.2 Å². The molecule has 0 spiro atoms. The molecule has 0 bridgehead atoms. The lowest BCUT2D eigenvalue weighted by atomic mass is 9.94. The molecule has 0 N–H and O–H groups in total. The number of hydrogen-bond donors (Lipinski definition) is 0. The minimum atomic E-state index is 0.237. The van der Waals surface area contributed by atoms with Crippen molar-refractivity contribution in [3.05, 3.63) is 42.2 Å². The fourth-order valence-corrected chi connectivity index (χ4v) is 1.67. The molecule has 1 heteroatoms. The summed E-state index contributed by atoms with van der Waals surface area (Å²) in [6.45, 7) is 6.12. The van der Waals surface area contributed by atoms with Crippen molar-refractivity contribution in [1.82, 2.24) is 4.98 Å². The first-order valence-corrected chi connectivity index (χ1v) is 4.33. The number of nitrogens with zero attached hydrogens (tertiary/aromatic N) is 1. The van der Waals surface area contributed by atoms with Crippen LogP contribution in [0, 0.1) is 0 Å². The molecule has 1 aliphatic carbocycles. The van der Waals surface area contributed by atoms with Crippen molar-refractivity contribution in [3.8, 4) is 0 Å². The number of pyridine rings is 1. The lowest BCUT2D eigenvalue weighted by molar-refractivity contribution is 0.784. The second-order valence-electron chi connectivity index (χ2n) is 3.58. The van der Waals surface area contributed by atoms with E-state index in [1.165, 1.54) is 24.1 Å². The monoisotopic (exact) mass is 159 g/mol. The predicted octanol–water partition coefficient (Wildman–Crippen LogP) is 2.69. The van der Waals surface area contributed by atoms with Crippen LogP contribution in [0.4, 0.5) is 0 Å². The first-order chi connectivity index (χ1) is 5.76. The van der Waals surface area contributed by atoms with Gasteiger partial charge in [-0.25, -0.2) is 0 Å². The standard InChI is InChI=1S/C11H13N/c1-9(2)11(6-7-11)10-5-3-4-8-12-10/h3-5,8H,1,6-7H2,2H3. The molecule has 0 amide bonds. The van der Waals surface area contributed by atoms with Gasteiger partial charge in [0.25, 0.3) is 0 Å². The van der Waals surface area contributed by atoms with E-state index in [1.54, 1.807) is 0 Å². The maximum absolute atomic E-state index is 4.37. The van der Waals surface area contributed by atoms with Crippen molar-refractivity contribution in [2.45, 2.75) is 25.2 Å². The van der Waals surface area contributed by atoms with E-state index in [9.17, 15) is 0 Å². The molecule has 1 aromatic heterocycles. The number of hydrogen-bond acceptors (Lipinski definition) is 1. The third-order valence-corrected chi connectivity index (χ3v) is 2.72. The molecule has 1 aliphatic rings. The van der Waals surface area contributed by atoms with Gasteiger partial charge in [-0.05, 0) is 31.9 Å². The minimum Gasteiger partial charge on any atom is -0.260 e. The summed E-state index contributed by atoms with van der Waals surface area (Å²) in [7, 11) is 0. The molecule has 2 rings (SSSR count). The molecule has 62 valence electrons. The average molecular weight is 159 g/mol. The van der Waals surface area contributed by atoms with Gasteiger partial charge < -0.3 is 0 Å². The van der Waals surface area contributed by atoms with Crippen LogP contribution in [0.25, 0.3) is 0 Å². The van der Waals surface area contributed by atoms with Crippen LogP contribution in [-0.2, 0) is 5.41 Å². The average Bonchev–Trinajstić information content (AvgIpc) is 2.86. The molecule has 0 unspecified atom stereocenters. The van der Waals surface area contributed by atoms with E-state index in [-0.39, 0.29) is 5.41 Å². The Hall–Kier alpha value is -1.11. The SMILES string of the molecule is C=C(C)C1(c2ccccn2)CC1. The Labute approximate surface area is 73.1 Å². The van der Waals surface area contributed by atoms with Crippen molar-refractivity contribution in [3.63, 3.8) is 0 Å². The van der Waals surface area contributed by atoms with E-state index >= 15 is 0 Å². The summed E-state index contributed by atoms with van der Waals surface area (Å²) in [5.41, 5.74) is 2.68. The van der Waals surface area contributed by atoms with Gasteiger partial charge in [0.05, 0.1) is 5.69 Å². The zero-order valence-electron chi connectivity index (χ0n) is 7.38. The summed E-state index contributed by atoms with van der Waals surface area (Å²) in [5, 5.41) is 0. The van der Waals surface area contributed by atoms with Crippen molar-refractivity contribution in [2.24, 2.45) is 0 Å². The first-order valence-electron chi connectivity index (χ1n) is 4.33. The highest BCUT2D eigenvalue weighted by Crippen LogP contribution is 2.52. The molecule has 0 aromatic carbocycles. The molecule has 1 heterocycles. The Balaban J connectivity index is 2.37. The smallest absolute Gasteiger partial charge is 0.0505 e. The molecule has 0 radical (unpaired) electrons. The Morgan fingerprint density at radius 1 is 1.50 bits per heavy atom. The Kier molecular flexibility index (Phi) is 1.53. The van der Waals surface area contributed by atoms with Crippen LogP contribution in [0.3, 0.4) is 0 Å². The lowest BCUT2D eigenvalue weighted by Gasteiger charge is -2.13. The topological polar surface area (TPSA) is 12.9 Å². The van der Waals surface area contributed by atoms with Crippen molar-refractivity contribution in [1.29, 1.82) is 0 Å². The number of allylic oxidation sites excluding steroid dienone is 1. The van der Waals surface area contributed by atoms with E-state index in [4.69, 9.17) is 0 Å². The Morgan fingerprint density at radius 2 is 2.25 bits per heavy atom. The van der Waals surface area contributed by atoms with E-state index in [0.717, 1.165) is 0 Å². The third kappa shape index (κ3) is 0.970. The van der Waals surface area contributed by atoms with Gasteiger partial charge in [0.1, 0.15) is 0 Å². The molecule has 0 aliphatic heterocycles. The highest BCUT2D eigenvalue weighted by atomic mass is 14.7. The van der Waals surface area contributed by atoms with Gasteiger partial charge in [0.15, 0.2) is 0 Å². The van der Waals surface area contributed by atoms with E-state index in [2.05, 4.69) is 24.6 Å². The molecule has 1 nitrogen and oxygen atoms in total. The van der Waals surface area contributed by atoms with E-state index in [0.29, 0.717) is 0 Å². The van der Waals surface area contributed by atoms with Gasteiger partial charge in [-0.2, -0.15) is 0 Å². The molecular formula is C11H13N. The Morgan fingerprint density at radius 3 is 2.67 bits per heavy atom. The predicted molar refractivity (Wildman–Crippen MR) is 50.0 cm³/mol. The van der Waals surface area contributed by atoms with Gasteiger partial charge in [-0.15, -0.1) is 0 Å². The largest absolute Gasteiger partial charge is 0.260 e. The number of aromatic nitrogens is 1. The van der Waals surface area contributed by atoms with Gasteiger partial charge >= 0.3 is 0 Å². The van der Waals surface area contributed by atoms with Crippen LogP contribution in [0.1, 0.15) is 25.5 Å². The Bertz CT molecular complexity index is 296. The van der Waals surface area contributed by atoms with Gasteiger partial charge in [0, 0.05) is 11.6 Å². The zero-order chi connectivity index (χ0) is 8.60. The lowest BCUT2D eigenvalue weighted by Crippen LogP contribution is -2.08. The van der Waals surface area contributed by atoms with Crippen LogP contribution >= 0.6 is 0 Å². The first kappa shape index (κ1) is 7.53. The second kappa shape index (κ2) is 2.44. The van der Waals surface area contributed by atoms with Crippen molar-refractivity contribution < 1.29 is 0 Å². The van der Waals surface area contributed by atoms with Crippen LogP contribution in [0.2, 0.25) is 0 Å². The maximum atomic E-state index is 4.37.